The number of rotatable bonds is 5. The summed E-state index contributed by atoms with van der Waals surface area (Å²) in [5.74, 6) is 1.06. The van der Waals surface area contributed by atoms with Crippen LogP contribution in [0.15, 0.2) is 24.4 Å². The molecule has 2 saturated heterocycles. The van der Waals surface area contributed by atoms with Crippen LogP contribution >= 0.6 is 0 Å². The van der Waals surface area contributed by atoms with E-state index < -0.39 is 0 Å². The first-order valence-corrected chi connectivity index (χ1v) is 8.46. The molecule has 2 aliphatic heterocycles. The lowest BCUT2D eigenvalue weighted by Crippen LogP contribution is -2.38. The number of ether oxygens (including phenoxy) is 2. The maximum absolute atomic E-state index is 12.3. The van der Waals surface area contributed by atoms with Gasteiger partial charge < -0.3 is 19.3 Å². The molecule has 0 aromatic carbocycles. The van der Waals surface area contributed by atoms with Gasteiger partial charge in [0, 0.05) is 39.0 Å². The molecule has 6 nitrogen and oxygen atoms in total. The summed E-state index contributed by atoms with van der Waals surface area (Å²) < 4.78 is 11.0. The van der Waals surface area contributed by atoms with Gasteiger partial charge in [0.2, 0.25) is 5.91 Å². The molecule has 2 fully saturated rings. The van der Waals surface area contributed by atoms with Gasteiger partial charge >= 0.3 is 0 Å². The Morgan fingerprint density at radius 2 is 2.22 bits per heavy atom. The number of hydrogen-bond donors (Lipinski definition) is 0. The van der Waals surface area contributed by atoms with E-state index in [0.29, 0.717) is 6.61 Å². The summed E-state index contributed by atoms with van der Waals surface area (Å²) in [4.78, 5) is 20.8. The maximum Gasteiger partial charge on any atom is 0.248 e. The highest BCUT2D eigenvalue weighted by molar-refractivity contribution is 5.77. The van der Waals surface area contributed by atoms with Crippen LogP contribution in [0.3, 0.4) is 0 Å². The van der Waals surface area contributed by atoms with E-state index >= 15 is 0 Å². The van der Waals surface area contributed by atoms with Crippen LogP contribution in [-0.4, -0.2) is 67.9 Å². The van der Waals surface area contributed by atoms with Gasteiger partial charge in [-0.25, -0.2) is 4.98 Å². The number of carbonyl (C=O) groups excluding carboxylic acids is 1. The van der Waals surface area contributed by atoms with E-state index in [9.17, 15) is 4.79 Å². The highest BCUT2D eigenvalue weighted by atomic mass is 16.5. The molecule has 3 rings (SSSR count). The topological polar surface area (TPSA) is 54.9 Å². The van der Waals surface area contributed by atoms with Crippen LogP contribution in [0.5, 0.6) is 0 Å². The van der Waals surface area contributed by atoms with Crippen molar-refractivity contribution in [1.29, 1.82) is 0 Å². The summed E-state index contributed by atoms with van der Waals surface area (Å²) in [5, 5.41) is 0. The Morgan fingerprint density at radius 3 is 3.00 bits per heavy atom. The SMILES string of the molecule is O=C(COCC1CCCO1)N1CCCN(c2ccccn2)CC1. The molecular weight excluding hydrogens is 294 g/mol. The minimum Gasteiger partial charge on any atom is -0.376 e. The van der Waals surface area contributed by atoms with Gasteiger partial charge in [0.25, 0.3) is 0 Å². The number of anilines is 1. The molecule has 1 aromatic heterocycles. The average molecular weight is 319 g/mol. The average Bonchev–Trinajstić information content (AvgIpc) is 2.97. The Labute approximate surface area is 137 Å². The number of hydrogen-bond acceptors (Lipinski definition) is 5. The Hall–Kier alpha value is -1.66. The van der Waals surface area contributed by atoms with Gasteiger partial charge in [-0.1, -0.05) is 6.07 Å². The first-order chi connectivity index (χ1) is 11.3. The molecule has 0 bridgehead atoms. The monoisotopic (exact) mass is 319 g/mol. The predicted octanol–water partition coefficient (Wildman–Crippen LogP) is 1.32. The van der Waals surface area contributed by atoms with Gasteiger partial charge in [-0.3, -0.25) is 4.79 Å². The molecule has 1 amide bonds. The Morgan fingerprint density at radius 1 is 1.26 bits per heavy atom. The zero-order chi connectivity index (χ0) is 15.9. The van der Waals surface area contributed by atoms with E-state index in [2.05, 4.69) is 9.88 Å². The van der Waals surface area contributed by atoms with Gasteiger partial charge in [-0.05, 0) is 31.4 Å². The molecule has 126 valence electrons. The number of amides is 1. The quantitative estimate of drug-likeness (QED) is 0.819. The number of nitrogens with zero attached hydrogens (tertiary/aromatic N) is 3. The number of pyridine rings is 1. The molecule has 23 heavy (non-hydrogen) atoms. The predicted molar refractivity (Wildman–Crippen MR) is 87.4 cm³/mol. The van der Waals surface area contributed by atoms with E-state index in [4.69, 9.17) is 9.47 Å². The second-order valence-corrected chi connectivity index (χ2v) is 6.06. The summed E-state index contributed by atoms with van der Waals surface area (Å²) >= 11 is 0. The van der Waals surface area contributed by atoms with Crippen molar-refractivity contribution < 1.29 is 14.3 Å². The van der Waals surface area contributed by atoms with Crippen molar-refractivity contribution >= 4 is 11.7 Å². The first-order valence-electron chi connectivity index (χ1n) is 8.46. The van der Waals surface area contributed by atoms with Crippen molar-refractivity contribution in [3.8, 4) is 0 Å². The van der Waals surface area contributed by atoms with E-state index in [0.717, 1.165) is 57.9 Å². The van der Waals surface area contributed by atoms with Crippen LogP contribution in [0, 0.1) is 0 Å². The Balaban J connectivity index is 1.42. The fourth-order valence-corrected chi connectivity index (χ4v) is 3.08. The molecule has 0 saturated carbocycles. The number of aromatic nitrogens is 1. The van der Waals surface area contributed by atoms with Gasteiger partial charge in [-0.15, -0.1) is 0 Å². The van der Waals surface area contributed by atoms with Gasteiger partial charge in [-0.2, -0.15) is 0 Å². The fraction of sp³-hybridized carbons (Fsp3) is 0.647. The summed E-state index contributed by atoms with van der Waals surface area (Å²) in [6, 6.07) is 5.93. The highest BCUT2D eigenvalue weighted by Crippen LogP contribution is 2.14. The highest BCUT2D eigenvalue weighted by Gasteiger charge is 2.21. The van der Waals surface area contributed by atoms with Crippen LogP contribution in [0.1, 0.15) is 19.3 Å². The smallest absolute Gasteiger partial charge is 0.248 e. The first kappa shape index (κ1) is 16.2. The lowest BCUT2D eigenvalue weighted by molar-refractivity contribution is -0.137. The maximum atomic E-state index is 12.3. The Kier molecular flexibility index (Phi) is 5.82. The molecule has 0 aliphatic carbocycles. The third kappa shape index (κ3) is 4.65. The van der Waals surface area contributed by atoms with E-state index in [1.165, 1.54) is 0 Å². The molecule has 0 spiro atoms. The molecule has 1 atom stereocenters. The third-order valence-corrected chi connectivity index (χ3v) is 4.38. The van der Waals surface area contributed by atoms with Crippen molar-refractivity contribution in [2.24, 2.45) is 0 Å². The van der Waals surface area contributed by atoms with Gasteiger partial charge in [0.05, 0.1) is 12.7 Å². The third-order valence-electron chi connectivity index (χ3n) is 4.38. The summed E-state index contributed by atoms with van der Waals surface area (Å²) in [7, 11) is 0. The second kappa shape index (κ2) is 8.26. The van der Waals surface area contributed by atoms with Crippen molar-refractivity contribution in [2.45, 2.75) is 25.4 Å². The Bertz CT molecular complexity index is 491. The zero-order valence-electron chi connectivity index (χ0n) is 13.5. The molecule has 1 unspecified atom stereocenters. The number of carbonyl (C=O) groups is 1. The van der Waals surface area contributed by atoms with Gasteiger partial charge in [0.1, 0.15) is 12.4 Å². The fourth-order valence-electron chi connectivity index (χ4n) is 3.08. The zero-order valence-corrected chi connectivity index (χ0v) is 13.5. The standard InChI is InChI=1S/C17H25N3O3/c21-17(14-22-13-15-5-3-12-23-15)20-9-4-8-19(10-11-20)16-6-1-2-7-18-16/h1-2,6-7,15H,3-5,8-14H2. The second-order valence-electron chi connectivity index (χ2n) is 6.06. The lowest BCUT2D eigenvalue weighted by Gasteiger charge is -2.23. The van der Waals surface area contributed by atoms with Crippen LogP contribution in [0.25, 0.3) is 0 Å². The van der Waals surface area contributed by atoms with Crippen molar-refractivity contribution in [3.05, 3.63) is 24.4 Å². The lowest BCUT2D eigenvalue weighted by atomic mass is 10.2. The molecule has 2 aliphatic rings. The van der Waals surface area contributed by atoms with Crippen molar-refractivity contribution in [3.63, 3.8) is 0 Å². The van der Waals surface area contributed by atoms with Crippen molar-refractivity contribution in [2.75, 3.05) is 50.9 Å². The minimum absolute atomic E-state index is 0.0749. The summed E-state index contributed by atoms with van der Waals surface area (Å²) in [6.07, 6.45) is 5.07. The minimum atomic E-state index is 0.0749. The molecule has 0 radical (unpaired) electrons. The largest absolute Gasteiger partial charge is 0.376 e. The van der Waals surface area contributed by atoms with E-state index in [1.807, 2.05) is 29.3 Å². The van der Waals surface area contributed by atoms with Crippen LogP contribution < -0.4 is 4.90 Å². The molecular formula is C17H25N3O3. The van der Waals surface area contributed by atoms with Crippen LogP contribution in [-0.2, 0) is 14.3 Å². The van der Waals surface area contributed by atoms with Crippen LogP contribution in [0.4, 0.5) is 5.82 Å². The van der Waals surface area contributed by atoms with Crippen molar-refractivity contribution in [1.82, 2.24) is 9.88 Å². The molecule has 1 aromatic rings. The van der Waals surface area contributed by atoms with Gasteiger partial charge in [0.15, 0.2) is 0 Å². The summed E-state index contributed by atoms with van der Waals surface area (Å²) in [5.41, 5.74) is 0. The molecule has 0 N–H and O–H groups in total. The molecule has 6 heteroatoms. The van der Waals surface area contributed by atoms with E-state index in [1.54, 1.807) is 0 Å². The van der Waals surface area contributed by atoms with E-state index in [-0.39, 0.29) is 18.6 Å². The normalized spacial score (nSPS) is 22.2. The van der Waals surface area contributed by atoms with Crippen LogP contribution in [0.2, 0.25) is 0 Å². The summed E-state index contributed by atoms with van der Waals surface area (Å²) in [6.45, 7) is 4.75. The molecule has 3 heterocycles.